The van der Waals surface area contributed by atoms with Crippen molar-refractivity contribution in [2.24, 2.45) is 0 Å². The molecule has 0 saturated heterocycles. The Hall–Kier alpha value is -2.84. The van der Waals surface area contributed by atoms with Crippen LogP contribution in [0.2, 0.25) is 0 Å². The van der Waals surface area contributed by atoms with Crippen molar-refractivity contribution >= 4 is 17.7 Å². The Labute approximate surface area is 180 Å². The van der Waals surface area contributed by atoms with Crippen LogP contribution in [0.5, 0.6) is 0 Å². The molecule has 3 aromatic rings. The van der Waals surface area contributed by atoms with Gasteiger partial charge in [-0.2, -0.15) is 0 Å². The van der Waals surface area contributed by atoms with E-state index in [1.807, 2.05) is 35.0 Å². The fraction of sp³-hybridized carbons (Fsp3) is 0.318. The van der Waals surface area contributed by atoms with Crippen molar-refractivity contribution in [1.82, 2.24) is 20.2 Å². The summed E-state index contributed by atoms with van der Waals surface area (Å²) in [7, 11) is 1.66. The van der Waals surface area contributed by atoms with Gasteiger partial charge in [0.15, 0.2) is 5.82 Å². The van der Waals surface area contributed by atoms with Crippen molar-refractivity contribution in [3.05, 3.63) is 65.7 Å². The number of hydrogen-bond donors (Lipinski definition) is 2. The minimum absolute atomic E-state index is 0.0234. The molecular weight excluding hydrogens is 398 g/mol. The van der Waals surface area contributed by atoms with Gasteiger partial charge in [0.25, 0.3) is 0 Å². The molecule has 0 radical (unpaired) electrons. The fourth-order valence-electron chi connectivity index (χ4n) is 3.38. The maximum absolute atomic E-state index is 13.0. The largest absolute Gasteiger partial charge is 0.385 e. The lowest BCUT2D eigenvalue weighted by Crippen LogP contribution is -2.44. The predicted octanol–water partition coefficient (Wildman–Crippen LogP) is 3.17. The van der Waals surface area contributed by atoms with Crippen LogP contribution in [0.15, 0.2) is 59.8 Å². The van der Waals surface area contributed by atoms with E-state index in [0.29, 0.717) is 18.3 Å². The summed E-state index contributed by atoms with van der Waals surface area (Å²) < 4.78 is 6.96. The average molecular weight is 424 g/mol. The summed E-state index contributed by atoms with van der Waals surface area (Å²) in [6.07, 6.45) is 0.774. The second-order valence-corrected chi connectivity index (χ2v) is 8.31. The Morgan fingerprint density at radius 2 is 1.93 bits per heavy atom. The highest BCUT2D eigenvalue weighted by molar-refractivity contribution is 8.00. The number of nitrogens with zero attached hydrogens (tertiary/aromatic N) is 3. The molecule has 2 heterocycles. The normalized spacial score (nSPS) is 17.8. The van der Waals surface area contributed by atoms with Gasteiger partial charge in [-0.3, -0.25) is 4.79 Å². The van der Waals surface area contributed by atoms with Gasteiger partial charge < -0.3 is 15.5 Å². The van der Waals surface area contributed by atoms with Crippen LogP contribution in [0.3, 0.4) is 0 Å². The van der Waals surface area contributed by atoms with E-state index < -0.39 is 0 Å². The number of ether oxygens (including phenoxy) is 1. The summed E-state index contributed by atoms with van der Waals surface area (Å²) >= 11 is 1.44. The Morgan fingerprint density at radius 1 is 1.17 bits per heavy atom. The number of carbonyl (C=O) groups is 1. The molecule has 2 unspecified atom stereocenters. The summed E-state index contributed by atoms with van der Waals surface area (Å²) in [5, 5.41) is 12.0. The molecule has 1 amide bonds. The van der Waals surface area contributed by atoms with Gasteiger partial charge >= 0.3 is 0 Å². The lowest BCUT2D eigenvalue weighted by Gasteiger charge is -2.33. The fourth-order valence-corrected chi connectivity index (χ4v) is 4.49. The Kier molecular flexibility index (Phi) is 6.35. The van der Waals surface area contributed by atoms with E-state index in [0.717, 1.165) is 23.4 Å². The molecule has 2 atom stereocenters. The smallest absolute Gasteiger partial charge is 0.236 e. The van der Waals surface area contributed by atoms with Gasteiger partial charge in [-0.25, -0.2) is 4.68 Å². The van der Waals surface area contributed by atoms with E-state index >= 15 is 0 Å². The van der Waals surface area contributed by atoms with Gasteiger partial charge in [-0.15, -0.1) is 10.2 Å². The third kappa shape index (κ3) is 4.34. The van der Waals surface area contributed by atoms with Gasteiger partial charge in [0, 0.05) is 25.8 Å². The molecule has 0 aliphatic carbocycles. The molecule has 0 bridgehead atoms. The molecule has 0 saturated carbocycles. The van der Waals surface area contributed by atoms with Crippen LogP contribution in [0.25, 0.3) is 11.4 Å². The monoisotopic (exact) mass is 423 g/mol. The molecule has 7 nitrogen and oxygen atoms in total. The average Bonchev–Trinajstić information content (AvgIpc) is 3.20. The van der Waals surface area contributed by atoms with Crippen LogP contribution in [-0.4, -0.2) is 46.3 Å². The minimum Gasteiger partial charge on any atom is -0.385 e. The number of hydrogen-bond acceptors (Lipinski definition) is 6. The van der Waals surface area contributed by atoms with Gasteiger partial charge in [0.1, 0.15) is 5.25 Å². The number of amides is 1. The highest BCUT2D eigenvalue weighted by atomic mass is 32.2. The number of aromatic nitrogens is 3. The number of aryl methyl sites for hydroxylation is 1. The second kappa shape index (κ2) is 9.32. The first-order chi connectivity index (χ1) is 14.7. The van der Waals surface area contributed by atoms with Crippen LogP contribution in [0, 0.1) is 6.92 Å². The zero-order valence-electron chi connectivity index (χ0n) is 17.0. The molecule has 0 spiro atoms. The summed E-state index contributed by atoms with van der Waals surface area (Å²) in [6, 6.07) is 18.0. The highest BCUT2D eigenvalue weighted by Crippen LogP contribution is 2.38. The molecule has 2 aromatic carbocycles. The number of thioether (sulfide) groups is 1. The van der Waals surface area contributed by atoms with Crippen LogP contribution in [0.4, 0.5) is 0 Å². The third-order valence-electron chi connectivity index (χ3n) is 4.99. The van der Waals surface area contributed by atoms with E-state index in [4.69, 9.17) is 4.74 Å². The molecule has 30 heavy (non-hydrogen) atoms. The number of fused-ring (bicyclic) bond motifs is 1. The SMILES string of the molecule is COCCCNC(=O)C1Sc2nnc(-c3ccccc3)n2NC1c1ccc(C)cc1. The minimum atomic E-state index is -0.365. The van der Waals surface area contributed by atoms with Crippen LogP contribution in [-0.2, 0) is 9.53 Å². The van der Waals surface area contributed by atoms with Gasteiger partial charge in [-0.1, -0.05) is 71.9 Å². The Bertz CT molecular complexity index is 991. The van der Waals surface area contributed by atoms with Crippen molar-refractivity contribution in [3.63, 3.8) is 0 Å². The maximum atomic E-state index is 13.0. The molecule has 0 fully saturated rings. The summed E-state index contributed by atoms with van der Waals surface area (Å²) in [5.41, 5.74) is 6.69. The quantitative estimate of drug-likeness (QED) is 0.568. The third-order valence-corrected chi connectivity index (χ3v) is 6.20. The van der Waals surface area contributed by atoms with E-state index in [2.05, 4.69) is 52.1 Å². The lowest BCUT2D eigenvalue weighted by molar-refractivity contribution is -0.121. The predicted molar refractivity (Wildman–Crippen MR) is 118 cm³/mol. The van der Waals surface area contributed by atoms with Gasteiger partial charge in [-0.05, 0) is 18.9 Å². The number of carbonyl (C=O) groups excluding carboxylic acids is 1. The van der Waals surface area contributed by atoms with E-state index in [1.54, 1.807) is 7.11 Å². The molecule has 1 aromatic heterocycles. The van der Waals surface area contributed by atoms with E-state index in [1.165, 1.54) is 17.3 Å². The first-order valence-electron chi connectivity index (χ1n) is 9.94. The molecule has 4 rings (SSSR count). The zero-order valence-corrected chi connectivity index (χ0v) is 17.9. The van der Waals surface area contributed by atoms with Crippen LogP contribution < -0.4 is 10.7 Å². The molecule has 8 heteroatoms. The molecule has 2 N–H and O–H groups in total. The Morgan fingerprint density at radius 3 is 2.67 bits per heavy atom. The zero-order chi connectivity index (χ0) is 20.9. The number of nitrogens with one attached hydrogen (secondary N) is 2. The standard InChI is InChI=1S/C22H25N5O2S/c1-15-9-11-16(12-10-15)18-19(21(28)23-13-6-14-29-2)30-22-25-24-20(27(22)26-18)17-7-4-3-5-8-17/h3-5,7-12,18-19,26H,6,13-14H2,1-2H3,(H,23,28). The Balaban J connectivity index is 1.64. The van der Waals surface area contributed by atoms with Gasteiger partial charge in [0.2, 0.25) is 11.1 Å². The van der Waals surface area contributed by atoms with Crippen LogP contribution >= 0.6 is 11.8 Å². The van der Waals surface area contributed by atoms with Gasteiger partial charge in [0.05, 0.1) is 6.04 Å². The number of rotatable bonds is 7. The topological polar surface area (TPSA) is 81.1 Å². The number of methoxy groups -OCH3 is 1. The first-order valence-corrected chi connectivity index (χ1v) is 10.8. The van der Waals surface area contributed by atoms with E-state index in [9.17, 15) is 4.79 Å². The summed E-state index contributed by atoms with van der Waals surface area (Å²) in [6.45, 7) is 3.25. The molecule has 1 aliphatic heterocycles. The van der Waals surface area contributed by atoms with Crippen molar-refractivity contribution in [2.45, 2.75) is 29.8 Å². The van der Waals surface area contributed by atoms with Crippen LogP contribution in [0.1, 0.15) is 23.6 Å². The van der Waals surface area contributed by atoms with Crippen molar-refractivity contribution in [3.8, 4) is 11.4 Å². The first kappa shape index (κ1) is 20.4. The summed E-state index contributed by atoms with van der Waals surface area (Å²) in [5.74, 6) is 0.707. The van der Waals surface area contributed by atoms with E-state index in [-0.39, 0.29) is 17.2 Å². The highest BCUT2D eigenvalue weighted by Gasteiger charge is 2.37. The molecule has 156 valence electrons. The lowest BCUT2D eigenvalue weighted by atomic mass is 10.0. The van der Waals surface area contributed by atoms with Crippen molar-refractivity contribution < 1.29 is 9.53 Å². The maximum Gasteiger partial charge on any atom is 0.236 e. The van der Waals surface area contributed by atoms with Crippen molar-refractivity contribution in [2.75, 3.05) is 25.7 Å². The number of benzene rings is 2. The summed E-state index contributed by atoms with van der Waals surface area (Å²) in [4.78, 5) is 13.0. The second-order valence-electron chi connectivity index (χ2n) is 7.20. The molecule has 1 aliphatic rings. The molecular formula is C22H25N5O2S. The van der Waals surface area contributed by atoms with Crippen molar-refractivity contribution in [1.29, 1.82) is 0 Å².